The predicted molar refractivity (Wildman–Crippen MR) is 223 cm³/mol. The van der Waals surface area contributed by atoms with Crippen molar-refractivity contribution in [2.75, 3.05) is 0 Å². The zero-order chi connectivity index (χ0) is 35.8. The minimum atomic E-state index is 0.823. The second-order valence-electron chi connectivity index (χ2n) is 14.5. The Morgan fingerprint density at radius 1 is 0.447 bits per heavy atom. The Labute approximate surface area is 302 Å². The van der Waals surface area contributed by atoms with Crippen LogP contribution in [-0.4, -0.2) is 0 Å². The normalized spacial score (nSPS) is 19.3. The standard InChI is InChI=1S/C39H74.C4H10.2C2H6/c1-6-10-13-16-21-26-31-38-36(29-24-15-12-8-3)33-34-37(39(38)32-27-22-17-14-11-7-2)30-25-20-18-19-23-28-35(5)9-4;1-3-4-2;2*1-2/h21,26,33-39H,6-20,22-25,27-32H2,1-5H3;3-4H2,1-2H3;2*1-2H3/b26-21+;;;. The van der Waals surface area contributed by atoms with Gasteiger partial charge in [-0.05, 0) is 68.1 Å². The molecule has 0 bridgehead atoms. The van der Waals surface area contributed by atoms with Crippen molar-refractivity contribution in [3.05, 3.63) is 24.3 Å². The van der Waals surface area contributed by atoms with E-state index in [2.05, 4.69) is 72.8 Å². The lowest BCUT2D eigenvalue weighted by molar-refractivity contribution is 0.159. The monoisotopic (exact) mass is 661 g/mol. The molecule has 0 radical (unpaired) electrons. The van der Waals surface area contributed by atoms with E-state index in [1.165, 1.54) is 173 Å². The highest BCUT2D eigenvalue weighted by molar-refractivity contribution is 5.07. The summed E-state index contributed by atoms with van der Waals surface area (Å²) < 4.78 is 0. The molecule has 0 aromatic rings. The van der Waals surface area contributed by atoms with Crippen LogP contribution in [0, 0.1) is 29.6 Å². The van der Waals surface area contributed by atoms with Crippen molar-refractivity contribution < 1.29 is 0 Å². The summed E-state index contributed by atoms with van der Waals surface area (Å²) in [6.07, 6.45) is 48.6. The summed E-state index contributed by atoms with van der Waals surface area (Å²) in [4.78, 5) is 0. The van der Waals surface area contributed by atoms with Crippen molar-refractivity contribution in [1.82, 2.24) is 0 Å². The summed E-state index contributed by atoms with van der Waals surface area (Å²) in [5, 5.41) is 0. The molecule has 0 aromatic carbocycles. The number of allylic oxidation sites excluding steroid dienone is 4. The van der Waals surface area contributed by atoms with Crippen LogP contribution in [0.15, 0.2) is 24.3 Å². The summed E-state index contributed by atoms with van der Waals surface area (Å²) in [6, 6.07) is 0. The summed E-state index contributed by atoms with van der Waals surface area (Å²) in [7, 11) is 0. The van der Waals surface area contributed by atoms with Crippen LogP contribution >= 0.6 is 0 Å². The van der Waals surface area contributed by atoms with E-state index in [4.69, 9.17) is 0 Å². The molecule has 0 saturated carbocycles. The van der Waals surface area contributed by atoms with E-state index in [0.29, 0.717) is 0 Å². The number of hydrogen-bond donors (Lipinski definition) is 0. The lowest BCUT2D eigenvalue weighted by atomic mass is 9.65. The summed E-state index contributed by atoms with van der Waals surface area (Å²) in [5.41, 5.74) is 0. The second kappa shape index (κ2) is 43.5. The van der Waals surface area contributed by atoms with Crippen LogP contribution in [0.25, 0.3) is 0 Å². The third kappa shape index (κ3) is 32.4. The molecule has 0 nitrogen and oxygen atoms in total. The van der Waals surface area contributed by atoms with E-state index in [1.807, 2.05) is 27.7 Å². The highest BCUT2D eigenvalue weighted by Crippen LogP contribution is 2.44. The first-order chi connectivity index (χ1) is 23.1. The van der Waals surface area contributed by atoms with Crippen LogP contribution in [0.1, 0.15) is 250 Å². The molecular weight excluding hydrogens is 565 g/mol. The van der Waals surface area contributed by atoms with Gasteiger partial charge in [0.1, 0.15) is 0 Å². The molecule has 0 spiro atoms. The van der Waals surface area contributed by atoms with Gasteiger partial charge in [-0.3, -0.25) is 0 Å². The molecule has 1 rings (SSSR count). The Hall–Kier alpha value is -0.520. The molecule has 0 aromatic heterocycles. The van der Waals surface area contributed by atoms with Gasteiger partial charge in [0, 0.05) is 0 Å². The smallest absolute Gasteiger partial charge is 0.0199 e. The van der Waals surface area contributed by atoms with E-state index in [0.717, 1.165) is 29.6 Å². The van der Waals surface area contributed by atoms with E-state index in [1.54, 1.807) is 0 Å². The maximum absolute atomic E-state index is 2.73. The Morgan fingerprint density at radius 2 is 0.872 bits per heavy atom. The van der Waals surface area contributed by atoms with E-state index < -0.39 is 0 Å². The minimum absolute atomic E-state index is 0.823. The molecule has 1 aliphatic carbocycles. The molecule has 5 atom stereocenters. The van der Waals surface area contributed by atoms with Crippen molar-refractivity contribution in [3.63, 3.8) is 0 Å². The Bertz CT molecular complexity index is 583. The van der Waals surface area contributed by atoms with Crippen LogP contribution in [0.4, 0.5) is 0 Å². The topological polar surface area (TPSA) is 0 Å². The fraction of sp³-hybridized carbons (Fsp3) is 0.915. The average molecular weight is 661 g/mol. The van der Waals surface area contributed by atoms with Gasteiger partial charge in [0.05, 0.1) is 0 Å². The summed E-state index contributed by atoms with van der Waals surface area (Å²) >= 11 is 0. The van der Waals surface area contributed by atoms with E-state index in [9.17, 15) is 0 Å². The maximum atomic E-state index is 2.73. The molecule has 0 saturated heterocycles. The Morgan fingerprint density at radius 3 is 1.38 bits per heavy atom. The molecule has 0 heteroatoms. The fourth-order valence-electron chi connectivity index (χ4n) is 7.06. The van der Waals surface area contributed by atoms with Crippen LogP contribution in [-0.2, 0) is 0 Å². The molecular formula is C47H96. The van der Waals surface area contributed by atoms with Gasteiger partial charge in [0.2, 0.25) is 0 Å². The molecule has 0 fully saturated rings. The first-order valence-corrected chi connectivity index (χ1v) is 22.4. The lowest BCUT2D eigenvalue weighted by Gasteiger charge is -2.40. The largest absolute Gasteiger partial charge is 0.0885 e. The van der Waals surface area contributed by atoms with Crippen LogP contribution < -0.4 is 0 Å². The predicted octanol–water partition coefficient (Wildman–Crippen LogP) is 17.9. The molecule has 0 heterocycles. The van der Waals surface area contributed by atoms with Gasteiger partial charge in [-0.25, -0.2) is 0 Å². The van der Waals surface area contributed by atoms with E-state index in [-0.39, 0.29) is 0 Å². The van der Waals surface area contributed by atoms with Crippen molar-refractivity contribution >= 4 is 0 Å². The molecule has 1 aliphatic rings. The van der Waals surface area contributed by atoms with Crippen LogP contribution in [0.5, 0.6) is 0 Å². The SMILES string of the molecule is CC.CC.CCCC.CCCCC/C=C/CC1C(CCCCCC)C=CC(CCCCCCCC(C)CC)C1CCCCCCCC. The molecule has 284 valence electrons. The number of rotatable bonds is 28. The van der Waals surface area contributed by atoms with Gasteiger partial charge in [-0.15, -0.1) is 0 Å². The molecule has 0 N–H and O–H groups in total. The summed E-state index contributed by atoms with van der Waals surface area (Å²) in [6.45, 7) is 24.1. The quantitative estimate of drug-likeness (QED) is 0.0578. The fourth-order valence-corrected chi connectivity index (χ4v) is 7.06. The first kappa shape index (κ1) is 50.9. The number of hydrogen-bond acceptors (Lipinski definition) is 0. The Kier molecular flexibility index (Phi) is 47.1. The molecule has 0 aliphatic heterocycles. The van der Waals surface area contributed by atoms with Crippen LogP contribution in [0.3, 0.4) is 0 Å². The zero-order valence-corrected chi connectivity index (χ0v) is 35.3. The highest BCUT2D eigenvalue weighted by atomic mass is 14.4. The zero-order valence-electron chi connectivity index (χ0n) is 35.3. The first-order valence-electron chi connectivity index (χ1n) is 22.4. The van der Waals surface area contributed by atoms with Crippen molar-refractivity contribution in [2.24, 2.45) is 29.6 Å². The molecule has 0 amide bonds. The van der Waals surface area contributed by atoms with Crippen molar-refractivity contribution in [3.8, 4) is 0 Å². The Balaban J connectivity index is -0.00000220. The van der Waals surface area contributed by atoms with Gasteiger partial charge in [-0.2, -0.15) is 0 Å². The van der Waals surface area contributed by atoms with Crippen molar-refractivity contribution in [1.29, 1.82) is 0 Å². The maximum Gasteiger partial charge on any atom is -0.0199 e. The van der Waals surface area contributed by atoms with Gasteiger partial charge in [0.25, 0.3) is 0 Å². The third-order valence-corrected chi connectivity index (χ3v) is 10.5. The lowest BCUT2D eigenvalue weighted by Crippen LogP contribution is -2.31. The van der Waals surface area contributed by atoms with Gasteiger partial charge in [-0.1, -0.05) is 235 Å². The summed E-state index contributed by atoms with van der Waals surface area (Å²) in [5.74, 6) is 4.39. The number of unbranched alkanes of at least 4 members (excludes halogenated alkanes) is 16. The minimum Gasteiger partial charge on any atom is -0.0885 e. The van der Waals surface area contributed by atoms with Crippen LogP contribution in [0.2, 0.25) is 0 Å². The van der Waals surface area contributed by atoms with Gasteiger partial charge >= 0.3 is 0 Å². The average Bonchev–Trinajstić information content (AvgIpc) is 3.11. The molecule has 47 heavy (non-hydrogen) atoms. The third-order valence-electron chi connectivity index (χ3n) is 10.5. The highest BCUT2D eigenvalue weighted by Gasteiger charge is 2.34. The second-order valence-corrected chi connectivity index (χ2v) is 14.5. The van der Waals surface area contributed by atoms with E-state index >= 15 is 0 Å². The van der Waals surface area contributed by atoms with Crippen molar-refractivity contribution in [2.45, 2.75) is 250 Å². The van der Waals surface area contributed by atoms with Gasteiger partial charge in [0.15, 0.2) is 0 Å². The molecule has 5 unspecified atom stereocenters. The van der Waals surface area contributed by atoms with Gasteiger partial charge < -0.3 is 0 Å².